The van der Waals surface area contributed by atoms with Crippen molar-refractivity contribution >= 4 is 17.5 Å². The minimum absolute atomic E-state index is 0.327. The lowest BCUT2D eigenvalue weighted by molar-refractivity contribution is 0.0998. The van der Waals surface area contributed by atoms with Crippen molar-refractivity contribution in [3.63, 3.8) is 0 Å². The summed E-state index contributed by atoms with van der Waals surface area (Å²) in [5, 5.41) is 7.52. The van der Waals surface area contributed by atoms with Crippen LogP contribution >= 0.6 is 0 Å². The number of primary amides is 1. The van der Waals surface area contributed by atoms with Crippen LogP contribution in [-0.4, -0.2) is 28.7 Å². The summed E-state index contributed by atoms with van der Waals surface area (Å²) < 4.78 is 6.99. The number of nitrogens with zero attached hydrogens (tertiary/aromatic N) is 2. The Morgan fingerprint density at radius 3 is 2.39 bits per heavy atom. The topological polar surface area (TPSA) is 99.2 Å². The summed E-state index contributed by atoms with van der Waals surface area (Å²) in [6.45, 7) is 0. The van der Waals surface area contributed by atoms with Crippen LogP contribution in [0.5, 0.6) is 5.75 Å². The second-order valence-electron chi connectivity index (χ2n) is 6.80. The van der Waals surface area contributed by atoms with Gasteiger partial charge in [-0.25, -0.2) is 4.68 Å². The molecule has 0 saturated heterocycles. The number of hydrogen-bond acceptors (Lipinski definition) is 4. The number of benzene rings is 3. The van der Waals surface area contributed by atoms with Crippen molar-refractivity contribution in [3.8, 4) is 22.7 Å². The Kier molecular flexibility index (Phi) is 5.49. The molecule has 0 aliphatic carbocycles. The summed E-state index contributed by atoms with van der Waals surface area (Å²) in [6, 6.07) is 23.3. The molecule has 0 unspecified atom stereocenters. The molecule has 0 atom stereocenters. The smallest absolute Gasteiger partial charge is 0.259 e. The van der Waals surface area contributed by atoms with E-state index in [1.807, 2.05) is 54.6 Å². The molecule has 0 aliphatic heterocycles. The normalized spacial score (nSPS) is 10.5. The van der Waals surface area contributed by atoms with Gasteiger partial charge in [-0.1, -0.05) is 30.3 Å². The lowest BCUT2D eigenvalue weighted by Crippen LogP contribution is -2.13. The van der Waals surface area contributed by atoms with Crippen LogP contribution in [0.25, 0.3) is 16.9 Å². The summed E-state index contributed by atoms with van der Waals surface area (Å²) in [5.74, 6) is -0.186. The van der Waals surface area contributed by atoms with Crippen LogP contribution < -0.4 is 15.8 Å². The number of rotatable bonds is 6. The predicted octanol–water partition coefficient (Wildman–Crippen LogP) is 3.90. The molecule has 2 amide bonds. The first-order valence-electron chi connectivity index (χ1n) is 9.56. The third-order valence-electron chi connectivity index (χ3n) is 4.75. The number of anilines is 1. The summed E-state index contributed by atoms with van der Waals surface area (Å²) >= 11 is 0. The number of ether oxygens (including phenoxy) is 1. The van der Waals surface area contributed by atoms with E-state index in [0.29, 0.717) is 28.3 Å². The molecule has 0 fully saturated rings. The zero-order valence-electron chi connectivity index (χ0n) is 16.8. The van der Waals surface area contributed by atoms with E-state index in [2.05, 4.69) is 10.4 Å². The first-order valence-corrected chi connectivity index (χ1v) is 9.56. The quantitative estimate of drug-likeness (QED) is 0.502. The number of hydrogen-bond donors (Lipinski definition) is 2. The first-order chi connectivity index (χ1) is 15.0. The molecule has 7 nitrogen and oxygen atoms in total. The van der Waals surface area contributed by atoms with E-state index in [1.165, 1.54) is 0 Å². The highest BCUT2D eigenvalue weighted by Gasteiger charge is 2.19. The van der Waals surface area contributed by atoms with E-state index >= 15 is 0 Å². The van der Waals surface area contributed by atoms with Gasteiger partial charge in [0.2, 0.25) is 5.91 Å². The third-order valence-corrected chi connectivity index (χ3v) is 4.75. The monoisotopic (exact) mass is 412 g/mol. The Bertz CT molecular complexity index is 1230. The molecular weight excluding hydrogens is 392 g/mol. The molecule has 3 aromatic carbocycles. The van der Waals surface area contributed by atoms with Gasteiger partial charge in [-0.2, -0.15) is 5.10 Å². The van der Waals surface area contributed by atoms with Gasteiger partial charge in [0.1, 0.15) is 11.4 Å². The highest BCUT2D eigenvalue weighted by Crippen LogP contribution is 2.27. The van der Waals surface area contributed by atoms with Crippen molar-refractivity contribution in [3.05, 3.63) is 96.2 Å². The standard InChI is InChI=1S/C24H20N4O3/c1-31-20-9-5-6-17(14-20)22-21(15-28(27-22)19-7-3-2-4-8-19)24(30)26-18-12-10-16(11-13-18)23(25)29/h2-15H,1H3,(H2,25,29)(H,26,30). The Morgan fingerprint density at radius 1 is 0.968 bits per heavy atom. The molecule has 0 aliphatic rings. The Balaban J connectivity index is 1.73. The second kappa shape index (κ2) is 8.54. The molecule has 1 heterocycles. The maximum Gasteiger partial charge on any atom is 0.259 e. The van der Waals surface area contributed by atoms with Gasteiger partial charge in [-0.05, 0) is 48.5 Å². The van der Waals surface area contributed by atoms with Crippen molar-refractivity contribution in [1.82, 2.24) is 9.78 Å². The van der Waals surface area contributed by atoms with Gasteiger partial charge in [-0.3, -0.25) is 9.59 Å². The molecule has 4 rings (SSSR count). The van der Waals surface area contributed by atoms with E-state index in [-0.39, 0.29) is 5.91 Å². The molecule has 0 saturated carbocycles. The minimum atomic E-state index is -0.526. The Morgan fingerprint density at radius 2 is 1.71 bits per heavy atom. The summed E-state index contributed by atoms with van der Waals surface area (Å²) in [7, 11) is 1.59. The lowest BCUT2D eigenvalue weighted by Gasteiger charge is -2.07. The average molecular weight is 412 g/mol. The molecule has 1 aromatic heterocycles. The Labute approximate surface area is 179 Å². The van der Waals surface area contributed by atoms with Gasteiger partial charge >= 0.3 is 0 Å². The SMILES string of the molecule is COc1cccc(-c2nn(-c3ccccc3)cc2C(=O)Nc2ccc(C(N)=O)cc2)c1. The largest absolute Gasteiger partial charge is 0.497 e. The average Bonchev–Trinajstić information content (AvgIpc) is 3.26. The van der Waals surface area contributed by atoms with Gasteiger partial charge in [0.25, 0.3) is 5.91 Å². The molecule has 3 N–H and O–H groups in total. The molecule has 0 spiro atoms. The summed E-state index contributed by atoms with van der Waals surface area (Å²) in [6.07, 6.45) is 1.69. The third kappa shape index (κ3) is 4.30. The summed E-state index contributed by atoms with van der Waals surface area (Å²) in [4.78, 5) is 24.4. The van der Waals surface area contributed by atoms with Crippen molar-refractivity contribution in [2.24, 2.45) is 5.73 Å². The van der Waals surface area contributed by atoms with Crippen LogP contribution in [0.15, 0.2) is 85.1 Å². The van der Waals surface area contributed by atoms with Gasteiger partial charge in [0, 0.05) is 23.0 Å². The number of methoxy groups -OCH3 is 1. The second-order valence-corrected chi connectivity index (χ2v) is 6.80. The fourth-order valence-corrected chi connectivity index (χ4v) is 3.15. The maximum atomic E-state index is 13.1. The number of nitrogens with one attached hydrogen (secondary N) is 1. The van der Waals surface area contributed by atoms with Gasteiger partial charge in [-0.15, -0.1) is 0 Å². The fourth-order valence-electron chi connectivity index (χ4n) is 3.15. The lowest BCUT2D eigenvalue weighted by atomic mass is 10.1. The highest BCUT2D eigenvalue weighted by atomic mass is 16.5. The van der Waals surface area contributed by atoms with Gasteiger partial charge < -0.3 is 15.8 Å². The maximum absolute atomic E-state index is 13.1. The van der Waals surface area contributed by atoms with Crippen LogP contribution in [0, 0.1) is 0 Å². The minimum Gasteiger partial charge on any atom is -0.497 e. The molecule has 7 heteroatoms. The molecule has 154 valence electrons. The van der Waals surface area contributed by atoms with Crippen molar-refractivity contribution in [2.45, 2.75) is 0 Å². The van der Waals surface area contributed by atoms with Crippen LogP contribution in [0.1, 0.15) is 20.7 Å². The molecule has 31 heavy (non-hydrogen) atoms. The van der Waals surface area contributed by atoms with Gasteiger partial charge in [0.15, 0.2) is 0 Å². The molecule has 0 bridgehead atoms. The van der Waals surface area contributed by atoms with Crippen molar-refractivity contribution < 1.29 is 14.3 Å². The fraction of sp³-hybridized carbons (Fsp3) is 0.0417. The molecule has 0 radical (unpaired) electrons. The van der Waals surface area contributed by atoms with Crippen LogP contribution in [-0.2, 0) is 0 Å². The zero-order valence-corrected chi connectivity index (χ0v) is 16.8. The number of para-hydroxylation sites is 1. The Hall–Kier alpha value is -4.39. The molecule has 4 aromatic rings. The number of nitrogens with two attached hydrogens (primary N) is 1. The highest BCUT2D eigenvalue weighted by molar-refractivity contribution is 6.08. The number of aromatic nitrogens is 2. The van der Waals surface area contributed by atoms with Crippen LogP contribution in [0.4, 0.5) is 5.69 Å². The summed E-state index contributed by atoms with van der Waals surface area (Å²) in [5.41, 5.74) is 8.69. The van der Waals surface area contributed by atoms with Crippen LogP contribution in [0.3, 0.4) is 0 Å². The first kappa shape index (κ1) is 19.9. The molecular formula is C24H20N4O3. The number of carbonyl (C=O) groups excluding carboxylic acids is 2. The van der Waals surface area contributed by atoms with Crippen LogP contribution in [0.2, 0.25) is 0 Å². The number of amides is 2. The van der Waals surface area contributed by atoms with E-state index in [1.54, 1.807) is 42.3 Å². The van der Waals surface area contributed by atoms with Crippen molar-refractivity contribution in [2.75, 3.05) is 12.4 Å². The van der Waals surface area contributed by atoms with Gasteiger partial charge in [0.05, 0.1) is 18.4 Å². The van der Waals surface area contributed by atoms with E-state index in [0.717, 1.165) is 11.3 Å². The predicted molar refractivity (Wildman–Crippen MR) is 118 cm³/mol. The van der Waals surface area contributed by atoms with Crippen molar-refractivity contribution in [1.29, 1.82) is 0 Å². The number of carbonyl (C=O) groups is 2. The zero-order chi connectivity index (χ0) is 21.8. The van der Waals surface area contributed by atoms with E-state index in [9.17, 15) is 9.59 Å². The van der Waals surface area contributed by atoms with E-state index in [4.69, 9.17) is 10.5 Å². The van der Waals surface area contributed by atoms with E-state index < -0.39 is 5.91 Å².